The van der Waals surface area contributed by atoms with E-state index in [4.69, 9.17) is 4.74 Å². The van der Waals surface area contributed by atoms with Crippen LogP contribution in [0.5, 0.6) is 0 Å². The molecule has 0 heterocycles. The minimum absolute atomic E-state index is 0.261. The van der Waals surface area contributed by atoms with Crippen LogP contribution in [-0.4, -0.2) is 36.1 Å². The first-order chi connectivity index (χ1) is 20.7. The van der Waals surface area contributed by atoms with Crippen LogP contribution in [-0.2, 0) is 19.9 Å². The number of hydrogen-bond acceptors (Lipinski definition) is 4. The van der Waals surface area contributed by atoms with Crippen LogP contribution in [0.2, 0.25) is 0 Å². The molecule has 1 aliphatic rings. The summed E-state index contributed by atoms with van der Waals surface area (Å²) < 4.78 is 5.45. The molecule has 0 spiro atoms. The summed E-state index contributed by atoms with van der Waals surface area (Å²) in [5, 5.41) is 8.92. The molecular formula is C36H45N3O4. The van der Waals surface area contributed by atoms with Crippen molar-refractivity contribution in [1.82, 2.24) is 16.0 Å². The Kier molecular flexibility index (Phi) is 11.0. The molecular weight excluding hydrogens is 538 g/mol. The average molecular weight is 584 g/mol. The Morgan fingerprint density at radius 2 is 1.26 bits per heavy atom. The number of ether oxygens (including phenoxy) is 1. The first-order valence-electron chi connectivity index (χ1n) is 15.4. The molecule has 0 saturated heterocycles. The molecule has 1 saturated carbocycles. The average Bonchev–Trinajstić information content (AvgIpc) is 3.00. The van der Waals surface area contributed by atoms with Gasteiger partial charge in [-0.25, -0.2) is 4.79 Å². The highest BCUT2D eigenvalue weighted by Crippen LogP contribution is 2.37. The van der Waals surface area contributed by atoms with Gasteiger partial charge in [-0.1, -0.05) is 123 Å². The van der Waals surface area contributed by atoms with Crippen molar-refractivity contribution in [1.29, 1.82) is 0 Å². The zero-order valence-electron chi connectivity index (χ0n) is 25.6. The van der Waals surface area contributed by atoms with Crippen molar-refractivity contribution in [2.24, 2.45) is 5.92 Å². The first kappa shape index (κ1) is 31.8. The lowest BCUT2D eigenvalue weighted by atomic mass is 9.77. The summed E-state index contributed by atoms with van der Waals surface area (Å²) in [7, 11) is 0. The Hall–Kier alpha value is -4.13. The fourth-order valence-electron chi connectivity index (χ4n) is 5.88. The molecule has 0 aromatic heterocycles. The molecule has 1 atom stereocenters. The van der Waals surface area contributed by atoms with E-state index in [9.17, 15) is 14.4 Å². The summed E-state index contributed by atoms with van der Waals surface area (Å²) in [6, 6.07) is 28.2. The van der Waals surface area contributed by atoms with Crippen LogP contribution in [0.4, 0.5) is 4.79 Å². The molecule has 1 unspecified atom stereocenters. The van der Waals surface area contributed by atoms with Crippen molar-refractivity contribution >= 4 is 17.9 Å². The van der Waals surface area contributed by atoms with Crippen molar-refractivity contribution in [2.75, 3.05) is 6.54 Å². The predicted octanol–water partition coefficient (Wildman–Crippen LogP) is 6.46. The zero-order valence-corrected chi connectivity index (χ0v) is 25.6. The molecule has 43 heavy (non-hydrogen) atoms. The van der Waals surface area contributed by atoms with Gasteiger partial charge in [0.05, 0.1) is 6.42 Å². The van der Waals surface area contributed by atoms with Gasteiger partial charge in [-0.15, -0.1) is 0 Å². The number of nitrogens with one attached hydrogen (secondary N) is 3. The summed E-state index contributed by atoms with van der Waals surface area (Å²) in [6.45, 7) is 5.77. The predicted molar refractivity (Wildman–Crippen MR) is 169 cm³/mol. The van der Waals surface area contributed by atoms with Crippen molar-refractivity contribution in [3.05, 3.63) is 108 Å². The zero-order chi connectivity index (χ0) is 30.7. The number of carbonyl (C=O) groups excluding carboxylic acids is 3. The minimum Gasteiger partial charge on any atom is -0.444 e. The number of carbonyl (C=O) groups is 3. The van der Waals surface area contributed by atoms with Crippen molar-refractivity contribution in [3.8, 4) is 0 Å². The van der Waals surface area contributed by atoms with Gasteiger partial charge >= 0.3 is 6.09 Å². The van der Waals surface area contributed by atoms with E-state index in [0.717, 1.165) is 23.1 Å². The van der Waals surface area contributed by atoms with Crippen LogP contribution >= 0.6 is 0 Å². The largest absolute Gasteiger partial charge is 0.444 e. The van der Waals surface area contributed by atoms with Gasteiger partial charge < -0.3 is 20.7 Å². The van der Waals surface area contributed by atoms with Crippen molar-refractivity contribution in [2.45, 2.75) is 82.9 Å². The van der Waals surface area contributed by atoms with E-state index < -0.39 is 29.2 Å². The van der Waals surface area contributed by atoms with Gasteiger partial charge in [-0.05, 0) is 49.8 Å². The lowest BCUT2D eigenvalue weighted by molar-refractivity contribution is -0.129. The Bertz CT molecular complexity index is 1220. The Labute approximate surface area is 255 Å². The Morgan fingerprint density at radius 3 is 1.72 bits per heavy atom. The summed E-state index contributed by atoms with van der Waals surface area (Å²) >= 11 is 0. The van der Waals surface area contributed by atoms with Crippen LogP contribution in [0.3, 0.4) is 0 Å². The molecule has 7 heteroatoms. The van der Waals surface area contributed by atoms with E-state index in [0.29, 0.717) is 12.5 Å². The Morgan fingerprint density at radius 1 is 0.767 bits per heavy atom. The maximum Gasteiger partial charge on any atom is 0.408 e. The molecule has 3 aromatic rings. The fraction of sp³-hybridized carbons (Fsp3) is 0.417. The first-order valence-corrected chi connectivity index (χ1v) is 15.4. The smallest absolute Gasteiger partial charge is 0.408 e. The number of alkyl carbamates (subject to hydrolysis) is 1. The second kappa shape index (κ2) is 14.9. The van der Waals surface area contributed by atoms with Crippen LogP contribution in [0.1, 0.15) is 82.4 Å². The third-order valence-corrected chi connectivity index (χ3v) is 7.92. The molecule has 0 bridgehead atoms. The molecule has 1 fully saturated rings. The normalized spacial score (nSPS) is 14.8. The lowest BCUT2D eigenvalue weighted by Crippen LogP contribution is -2.53. The topological polar surface area (TPSA) is 96.5 Å². The third kappa shape index (κ3) is 8.93. The molecule has 4 rings (SSSR count). The summed E-state index contributed by atoms with van der Waals surface area (Å²) in [6.07, 6.45) is 5.97. The van der Waals surface area contributed by atoms with Gasteiger partial charge in [0.1, 0.15) is 17.2 Å². The van der Waals surface area contributed by atoms with Crippen LogP contribution in [0.25, 0.3) is 0 Å². The van der Waals surface area contributed by atoms with E-state index in [1.807, 2.05) is 91.0 Å². The minimum atomic E-state index is -1.11. The molecule has 3 amide bonds. The molecule has 0 aliphatic heterocycles. The fourth-order valence-corrected chi connectivity index (χ4v) is 5.88. The summed E-state index contributed by atoms with van der Waals surface area (Å²) in [4.78, 5) is 40.2. The van der Waals surface area contributed by atoms with Crippen LogP contribution in [0.15, 0.2) is 91.0 Å². The molecule has 0 radical (unpaired) electrons. The molecule has 228 valence electrons. The van der Waals surface area contributed by atoms with Gasteiger partial charge in [-0.2, -0.15) is 0 Å². The van der Waals surface area contributed by atoms with Gasteiger partial charge in [0, 0.05) is 6.54 Å². The SMILES string of the molecule is CC(C)(C)OC(=O)NC(CC(=O)NC(c1ccccc1)(c1ccccc1)c1ccccc1)C(=O)NCCC1CCCCC1. The van der Waals surface area contributed by atoms with E-state index in [2.05, 4.69) is 16.0 Å². The third-order valence-electron chi connectivity index (χ3n) is 7.92. The van der Waals surface area contributed by atoms with E-state index in [-0.39, 0.29) is 12.3 Å². The summed E-state index contributed by atoms with van der Waals surface area (Å²) in [5.41, 5.74) is 0.824. The second-order valence-electron chi connectivity index (χ2n) is 12.4. The highest BCUT2D eigenvalue weighted by atomic mass is 16.6. The molecule has 7 nitrogen and oxygen atoms in total. The number of benzene rings is 3. The van der Waals surface area contributed by atoms with Crippen molar-refractivity contribution < 1.29 is 19.1 Å². The van der Waals surface area contributed by atoms with E-state index >= 15 is 0 Å². The highest BCUT2D eigenvalue weighted by Gasteiger charge is 2.39. The maximum atomic E-state index is 14.0. The number of hydrogen-bond donors (Lipinski definition) is 3. The van der Waals surface area contributed by atoms with Crippen LogP contribution in [0, 0.1) is 5.92 Å². The summed E-state index contributed by atoms with van der Waals surface area (Å²) in [5.74, 6) is -0.195. The standard InChI is InChI=1S/C36H45N3O4/c1-35(2,3)43-34(42)38-31(33(41)37-25-24-27-16-8-4-9-17-27)26-32(40)39-36(28-18-10-5-11-19-28,29-20-12-6-13-21-29)30-22-14-7-15-23-30/h5-7,10-15,18-23,27,31H,4,8-9,16-17,24-26H2,1-3H3,(H,37,41)(H,38,42)(H,39,40). The molecule has 3 N–H and O–H groups in total. The van der Waals surface area contributed by atoms with Gasteiger partial charge in [-0.3, -0.25) is 9.59 Å². The monoisotopic (exact) mass is 583 g/mol. The molecule has 3 aromatic carbocycles. The van der Waals surface area contributed by atoms with E-state index in [1.54, 1.807) is 20.8 Å². The Balaban J connectivity index is 1.60. The van der Waals surface area contributed by atoms with Gasteiger partial charge in [0.15, 0.2) is 0 Å². The van der Waals surface area contributed by atoms with Gasteiger partial charge in [0.25, 0.3) is 0 Å². The highest BCUT2D eigenvalue weighted by molar-refractivity contribution is 5.91. The second-order valence-corrected chi connectivity index (χ2v) is 12.4. The van der Waals surface area contributed by atoms with Crippen molar-refractivity contribution in [3.63, 3.8) is 0 Å². The lowest BCUT2D eigenvalue weighted by Gasteiger charge is -2.37. The molecule has 1 aliphatic carbocycles. The quantitative estimate of drug-likeness (QED) is 0.226. The van der Waals surface area contributed by atoms with Gasteiger partial charge in [0.2, 0.25) is 11.8 Å². The number of rotatable bonds is 11. The maximum absolute atomic E-state index is 14.0. The number of amides is 3. The van der Waals surface area contributed by atoms with Crippen LogP contribution < -0.4 is 16.0 Å². The van der Waals surface area contributed by atoms with E-state index in [1.165, 1.54) is 32.1 Å².